The number of aromatic nitrogens is 2. The van der Waals surface area contributed by atoms with E-state index in [1.807, 2.05) is 13.8 Å². The number of hydrogen-bond acceptors (Lipinski definition) is 4. The lowest BCUT2D eigenvalue weighted by atomic mass is 10.2. The summed E-state index contributed by atoms with van der Waals surface area (Å²) in [6, 6.07) is 5.24. The molecular weight excluding hydrogens is 358 g/mol. The van der Waals surface area contributed by atoms with E-state index in [9.17, 15) is 9.90 Å². The van der Waals surface area contributed by atoms with E-state index in [0.29, 0.717) is 22.2 Å². The minimum Gasteiger partial charge on any atom is -0.476 e. The number of anilines is 2. The van der Waals surface area contributed by atoms with E-state index in [1.54, 1.807) is 18.2 Å². The first kappa shape index (κ1) is 15.7. The maximum atomic E-state index is 11.3. The molecule has 0 aliphatic carbocycles. The van der Waals surface area contributed by atoms with Crippen LogP contribution in [0.5, 0.6) is 0 Å². The number of hydrogen-bond donors (Lipinski definition) is 2. The summed E-state index contributed by atoms with van der Waals surface area (Å²) in [4.78, 5) is 19.6. The van der Waals surface area contributed by atoms with Crippen molar-refractivity contribution in [1.82, 2.24) is 9.97 Å². The number of carbonyl (C=O) groups is 1. The van der Waals surface area contributed by atoms with Crippen molar-refractivity contribution in [3.05, 3.63) is 45.4 Å². The van der Waals surface area contributed by atoms with Crippen LogP contribution in [-0.4, -0.2) is 21.0 Å². The number of nitrogens with zero attached hydrogens (tertiary/aromatic N) is 2. The Morgan fingerprint density at radius 3 is 2.71 bits per heavy atom. The Bertz CT molecular complexity index is 692. The fourth-order valence-electron chi connectivity index (χ4n) is 1.66. The van der Waals surface area contributed by atoms with Crippen LogP contribution in [-0.2, 0) is 0 Å². The molecule has 1 aromatic heterocycles. The zero-order valence-electron chi connectivity index (χ0n) is 11.4. The van der Waals surface area contributed by atoms with Crippen LogP contribution in [0.25, 0.3) is 0 Å². The summed E-state index contributed by atoms with van der Waals surface area (Å²) in [5.41, 5.74) is 0.921. The molecule has 0 fully saturated rings. The van der Waals surface area contributed by atoms with E-state index < -0.39 is 5.97 Å². The van der Waals surface area contributed by atoms with Crippen LogP contribution >= 0.6 is 27.5 Å². The van der Waals surface area contributed by atoms with Crippen LogP contribution in [0, 0.1) is 0 Å². The number of nitrogens with one attached hydrogen (secondary N) is 1. The summed E-state index contributed by atoms with van der Waals surface area (Å²) in [6.07, 6.45) is 1.47. The molecule has 0 spiro atoms. The molecule has 110 valence electrons. The summed E-state index contributed by atoms with van der Waals surface area (Å²) in [6.45, 7) is 3.81. The Labute approximate surface area is 135 Å². The summed E-state index contributed by atoms with van der Waals surface area (Å²) < 4.78 is 0.764. The predicted molar refractivity (Wildman–Crippen MR) is 85.5 cm³/mol. The molecule has 0 saturated carbocycles. The van der Waals surface area contributed by atoms with E-state index in [1.165, 1.54) is 6.20 Å². The highest BCUT2D eigenvalue weighted by Gasteiger charge is 2.16. The molecule has 5 nitrogen and oxygen atoms in total. The maximum absolute atomic E-state index is 11.3. The normalized spacial score (nSPS) is 10.7. The molecule has 1 heterocycles. The van der Waals surface area contributed by atoms with Gasteiger partial charge in [-0.2, -0.15) is 0 Å². The Hall–Kier alpha value is -1.66. The van der Waals surface area contributed by atoms with Crippen molar-refractivity contribution in [2.45, 2.75) is 19.8 Å². The fraction of sp³-hybridized carbons (Fsp3) is 0.214. The second-order valence-corrected chi connectivity index (χ2v) is 5.97. The predicted octanol–water partition coefficient (Wildman–Crippen LogP) is 4.46. The van der Waals surface area contributed by atoms with Crippen molar-refractivity contribution in [2.24, 2.45) is 0 Å². The molecule has 7 heteroatoms. The van der Waals surface area contributed by atoms with Crippen molar-refractivity contribution < 1.29 is 9.90 Å². The molecule has 0 atom stereocenters. The number of carboxylic acid groups (broad SMARTS) is 1. The molecule has 0 unspecified atom stereocenters. The van der Waals surface area contributed by atoms with Gasteiger partial charge in [-0.05, 0) is 34.1 Å². The zero-order valence-corrected chi connectivity index (χ0v) is 13.7. The Morgan fingerprint density at radius 1 is 1.43 bits per heavy atom. The zero-order chi connectivity index (χ0) is 15.6. The fourth-order valence-corrected chi connectivity index (χ4v) is 2.08. The minimum absolute atomic E-state index is 0.0549. The van der Waals surface area contributed by atoms with Gasteiger partial charge in [0.1, 0.15) is 5.82 Å². The molecule has 1 aromatic carbocycles. The Kier molecular flexibility index (Phi) is 4.80. The highest BCUT2D eigenvalue weighted by Crippen LogP contribution is 2.28. The van der Waals surface area contributed by atoms with E-state index in [4.69, 9.17) is 11.6 Å². The molecular formula is C14H13BrClN3O2. The SMILES string of the molecule is CC(C)c1ncc(Nc2ccc(Br)c(Cl)c2)c(C(=O)O)n1. The summed E-state index contributed by atoms with van der Waals surface area (Å²) in [5, 5.41) is 12.8. The van der Waals surface area contributed by atoms with Gasteiger partial charge in [0.25, 0.3) is 0 Å². The number of aromatic carboxylic acids is 1. The van der Waals surface area contributed by atoms with Crippen LogP contribution in [0.3, 0.4) is 0 Å². The van der Waals surface area contributed by atoms with E-state index >= 15 is 0 Å². The van der Waals surface area contributed by atoms with Crippen molar-refractivity contribution in [1.29, 1.82) is 0 Å². The third-order valence-corrected chi connectivity index (χ3v) is 3.96. The smallest absolute Gasteiger partial charge is 0.356 e. The van der Waals surface area contributed by atoms with Gasteiger partial charge in [-0.3, -0.25) is 0 Å². The van der Waals surface area contributed by atoms with Gasteiger partial charge >= 0.3 is 5.97 Å². The second kappa shape index (κ2) is 6.41. The molecule has 0 amide bonds. The summed E-state index contributed by atoms with van der Waals surface area (Å²) >= 11 is 9.31. The number of carboxylic acids is 1. The number of rotatable bonds is 4. The van der Waals surface area contributed by atoms with E-state index in [-0.39, 0.29) is 11.6 Å². The lowest BCUT2D eigenvalue weighted by Crippen LogP contribution is -2.10. The van der Waals surface area contributed by atoms with E-state index in [0.717, 1.165) is 4.47 Å². The lowest BCUT2D eigenvalue weighted by Gasteiger charge is -2.11. The maximum Gasteiger partial charge on any atom is 0.356 e. The quantitative estimate of drug-likeness (QED) is 0.831. The van der Waals surface area contributed by atoms with Gasteiger partial charge in [-0.25, -0.2) is 14.8 Å². The van der Waals surface area contributed by atoms with Crippen molar-refractivity contribution in [3.63, 3.8) is 0 Å². The first-order valence-corrected chi connectivity index (χ1v) is 7.38. The third-order valence-electron chi connectivity index (χ3n) is 2.72. The van der Waals surface area contributed by atoms with Crippen LogP contribution in [0.2, 0.25) is 5.02 Å². The average Bonchev–Trinajstić information content (AvgIpc) is 2.43. The Morgan fingerprint density at radius 2 is 2.14 bits per heavy atom. The standard InChI is InChI=1S/C14H13BrClN3O2/c1-7(2)13-17-6-11(12(19-13)14(20)21)18-8-3-4-9(15)10(16)5-8/h3-7,18H,1-2H3,(H,20,21). The van der Waals surface area contributed by atoms with Crippen LogP contribution in [0.1, 0.15) is 36.1 Å². The lowest BCUT2D eigenvalue weighted by molar-refractivity contribution is 0.0691. The van der Waals surface area contributed by atoms with Crippen molar-refractivity contribution >= 4 is 44.9 Å². The molecule has 0 aliphatic heterocycles. The van der Waals surface area contributed by atoms with Gasteiger partial charge in [0, 0.05) is 16.1 Å². The number of halogens is 2. The Balaban J connectivity index is 2.39. The van der Waals surface area contributed by atoms with Gasteiger partial charge in [-0.1, -0.05) is 25.4 Å². The molecule has 2 N–H and O–H groups in total. The minimum atomic E-state index is -1.11. The first-order chi connectivity index (χ1) is 9.88. The highest BCUT2D eigenvalue weighted by atomic mass is 79.9. The van der Waals surface area contributed by atoms with Crippen LogP contribution in [0.15, 0.2) is 28.9 Å². The molecule has 0 saturated heterocycles. The van der Waals surface area contributed by atoms with Crippen molar-refractivity contribution in [3.8, 4) is 0 Å². The van der Waals surface area contributed by atoms with Gasteiger partial charge in [-0.15, -0.1) is 0 Å². The van der Waals surface area contributed by atoms with Gasteiger partial charge in [0.15, 0.2) is 5.69 Å². The topological polar surface area (TPSA) is 75.1 Å². The van der Waals surface area contributed by atoms with Gasteiger partial charge in [0.2, 0.25) is 0 Å². The molecule has 2 aromatic rings. The average molecular weight is 371 g/mol. The first-order valence-electron chi connectivity index (χ1n) is 6.20. The van der Waals surface area contributed by atoms with Crippen molar-refractivity contribution in [2.75, 3.05) is 5.32 Å². The monoisotopic (exact) mass is 369 g/mol. The summed E-state index contributed by atoms with van der Waals surface area (Å²) in [5.74, 6) is -0.559. The van der Waals surface area contributed by atoms with Crippen LogP contribution < -0.4 is 5.32 Å². The number of benzene rings is 1. The largest absolute Gasteiger partial charge is 0.476 e. The molecule has 0 bridgehead atoms. The molecule has 2 rings (SSSR count). The summed E-state index contributed by atoms with van der Waals surface area (Å²) in [7, 11) is 0. The van der Waals surface area contributed by atoms with Gasteiger partial charge in [0.05, 0.1) is 16.9 Å². The third kappa shape index (κ3) is 3.71. The highest BCUT2D eigenvalue weighted by molar-refractivity contribution is 9.10. The second-order valence-electron chi connectivity index (χ2n) is 4.70. The molecule has 0 aliphatic rings. The molecule has 21 heavy (non-hydrogen) atoms. The molecule has 0 radical (unpaired) electrons. The van der Waals surface area contributed by atoms with E-state index in [2.05, 4.69) is 31.2 Å². The van der Waals surface area contributed by atoms with Gasteiger partial charge < -0.3 is 10.4 Å². The van der Waals surface area contributed by atoms with Crippen LogP contribution in [0.4, 0.5) is 11.4 Å².